The molecule has 6 heteroatoms. The lowest BCUT2D eigenvalue weighted by atomic mass is 10.3. The second-order valence-electron chi connectivity index (χ2n) is 4.87. The van der Waals surface area contributed by atoms with Crippen molar-refractivity contribution in [2.24, 2.45) is 0 Å². The molecule has 0 radical (unpaired) electrons. The van der Waals surface area contributed by atoms with Crippen LogP contribution in [0.15, 0.2) is 24.3 Å². The minimum Gasteiger partial charge on any atom is -0.484 e. The van der Waals surface area contributed by atoms with Crippen LogP contribution in [0.5, 0.6) is 5.75 Å². The van der Waals surface area contributed by atoms with E-state index in [4.69, 9.17) is 16.3 Å². The van der Waals surface area contributed by atoms with Gasteiger partial charge in [-0.1, -0.05) is 11.6 Å². The SMILES string of the molecule is CCN(CC(=O)NC(C)C)C(=O)COc1ccc(Cl)cc1. The molecule has 0 atom stereocenters. The Bertz CT molecular complexity index is 474. The van der Waals surface area contributed by atoms with E-state index in [2.05, 4.69) is 5.32 Å². The van der Waals surface area contributed by atoms with E-state index < -0.39 is 0 Å². The zero-order valence-electron chi connectivity index (χ0n) is 12.6. The first-order valence-corrected chi connectivity index (χ1v) is 7.25. The number of carbonyl (C=O) groups is 2. The van der Waals surface area contributed by atoms with Gasteiger partial charge in [0.05, 0.1) is 6.54 Å². The van der Waals surface area contributed by atoms with Crippen LogP contribution in [0.4, 0.5) is 0 Å². The highest BCUT2D eigenvalue weighted by Gasteiger charge is 2.16. The number of nitrogens with zero attached hydrogens (tertiary/aromatic N) is 1. The fourth-order valence-electron chi connectivity index (χ4n) is 1.68. The van der Waals surface area contributed by atoms with Crippen LogP contribution >= 0.6 is 11.6 Å². The van der Waals surface area contributed by atoms with Crippen molar-refractivity contribution in [2.75, 3.05) is 19.7 Å². The molecule has 1 N–H and O–H groups in total. The average molecular weight is 313 g/mol. The summed E-state index contributed by atoms with van der Waals surface area (Å²) in [6, 6.07) is 6.82. The van der Waals surface area contributed by atoms with Crippen LogP contribution in [0, 0.1) is 0 Å². The summed E-state index contributed by atoms with van der Waals surface area (Å²) < 4.78 is 5.39. The van der Waals surface area contributed by atoms with Gasteiger partial charge >= 0.3 is 0 Å². The van der Waals surface area contributed by atoms with E-state index >= 15 is 0 Å². The van der Waals surface area contributed by atoms with Crippen LogP contribution in [-0.4, -0.2) is 42.5 Å². The Morgan fingerprint density at radius 2 is 1.90 bits per heavy atom. The van der Waals surface area contributed by atoms with Crippen molar-refractivity contribution in [2.45, 2.75) is 26.8 Å². The summed E-state index contributed by atoms with van der Waals surface area (Å²) in [5, 5.41) is 3.36. The van der Waals surface area contributed by atoms with Crippen molar-refractivity contribution < 1.29 is 14.3 Å². The number of ether oxygens (including phenoxy) is 1. The summed E-state index contributed by atoms with van der Waals surface area (Å²) in [5.41, 5.74) is 0. The molecule has 0 saturated carbocycles. The molecule has 2 amide bonds. The van der Waals surface area contributed by atoms with Gasteiger partial charge in [0.15, 0.2) is 6.61 Å². The quantitative estimate of drug-likeness (QED) is 0.838. The van der Waals surface area contributed by atoms with Crippen LogP contribution in [0.1, 0.15) is 20.8 Å². The molecule has 5 nitrogen and oxygen atoms in total. The van der Waals surface area contributed by atoms with Crippen molar-refractivity contribution >= 4 is 23.4 Å². The predicted octanol–water partition coefficient (Wildman–Crippen LogP) is 2.09. The number of hydrogen-bond donors (Lipinski definition) is 1. The third-order valence-electron chi connectivity index (χ3n) is 2.69. The monoisotopic (exact) mass is 312 g/mol. The predicted molar refractivity (Wildman–Crippen MR) is 82.5 cm³/mol. The second kappa shape index (κ2) is 8.52. The summed E-state index contributed by atoms with van der Waals surface area (Å²) in [4.78, 5) is 25.2. The van der Waals surface area contributed by atoms with Gasteiger partial charge in [0.25, 0.3) is 5.91 Å². The van der Waals surface area contributed by atoms with Crippen molar-refractivity contribution in [1.29, 1.82) is 0 Å². The number of carbonyl (C=O) groups excluding carboxylic acids is 2. The van der Waals surface area contributed by atoms with Gasteiger partial charge in [0, 0.05) is 17.6 Å². The van der Waals surface area contributed by atoms with E-state index in [1.165, 1.54) is 4.90 Å². The van der Waals surface area contributed by atoms with Gasteiger partial charge in [-0.15, -0.1) is 0 Å². The second-order valence-corrected chi connectivity index (χ2v) is 5.31. The minimum atomic E-state index is -0.230. The molecule has 21 heavy (non-hydrogen) atoms. The molecule has 1 aromatic rings. The molecule has 116 valence electrons. The average Bonchev–Trinajstić information content (AvgIpc) is 2.43. The van der Waals surface area contributed by atoms with Crippen molar-refractivity contribution in [3.63, 3.8) is 0 Å². The maximum atomic E-state index is 12.0. The lowest BCUT2D eigenvalue weighted by Gasteiger charge is -2.21. The molecule has 0 aliphatic carbocycles. The molecule has 0 bridgehead atoms. The largest absolute Gasteiger partial charge is 0.484 e. The number of hydrogen-bond acceptors (Lipinski definition) is 3. The first-order valence-electron chi connectivity index (χ1n) is 6.88. The van der Waals surface area contributed by atoms with Gasteiger partial charge in [-0.05, 0) is 45.0 Å². The van der Waals surface area contributed by atoms with Crippen molar-refractivity contribution in [3.05, 3.63) is 29.3 Å². The number of halogens is 1. The topological polar surface area (TPSA) is 58.6 Å². The van der Waals surface area contributed by atoms with Gasteiger partial charge in [0.2, 0.25) is 5.91 Å². The third kappa shape index (κ3) is 6.49. The molecular formula is C15H21ClN2O3. The van der Waals surface area contributed by atoms with Crippen LogP contribution < -0.4 is 10.1 Å². The smallest absolute Gasteiger partial charge is 0.260 e. The number of rotatable bonds is 7. The Balaban J connectivity index is 2.47. The van der Waals surface area contributed by atoms with E-state index in [9.17, 15) is 9.59 Å². The Morgan fingerprint density at radius 3 is 2.43 bits per heavy atom. The lowest BCUT2D eigenvalue weighted by Crippen LogP contribution is -2.44. The summed E-state index contributed by atoms with van der Waals surface area (Å²) in [6.45, 7) is 5.96. The standard InChI is InChI=1S/C15H21ClN2O3/c1-4-18(9-14(19)17-11(2)3)15(20)10-21-13-7-5-12(16)6-8-13/h5-8,11H,4,9-10H2,1-3H3,(H,17,19). The minimum absolute atomic E-state index is 0.0392. The van der Waals surface area contributed by atoms with E-state index in [0.717, 1.165) is 0 Å². The van der Waals surface area contributed by atoms with Crippen molar-refractivity contribution in [1.82, 2.24) is 10.2 Å². The van der Waals surface area contributed by atoms with Gasteiger partial charge in [-0.25, -0.2) is 0 Å². The molecular weight excluding hydrogens is 292 g/mol. The summed E-state index contributed by atoms with van der Waals surface area (Å²) >= 11 is 5.77. The number of benzene rings is 1. The highest BCUT2D eigenvalue weighted by atomic mass is 35.5. The fraction of sp³-hybridized carbons (Fsp3) is 0.467. The molecule has 0 fully saturated rings. The molecule has 0 aromatic heterocycles. The first-order chi connectivity index (χ1) is 9.92. The fourth-order valence-corrected chi connectivity index (χ4v) is 1.81. The van der Waals surface area contributed by atoms with Gasteiger partial charge < -0.3 is 15.0 Å². The van der Waals surface area contributed by atoms with Crippen LogP contribution in [0.2, 0.25) is 5.02 Å². The van der Waals surface area contributed by atoms with Crippen LogP contribution in [0.3, 0.4) is 0 Å². The van der Waals surface area contributed by atoms with Crippen LogP contribution in [-0.2, 0) is 9.59 Å². The summed E-state index contributed by atoms with van der Waals surface area (Å²) in [7, 11) is 0. The number of amides is 2. The highest BCUT2D eigenvalue weighted by Crippen LogP contribution is 2.15. The molecule has 0 spiro atoms. The van der Waals surface area contributed by atoms with Gasteiger partial charge in [0.1, 0.15) is 5.75 Å². The molecule has 0 saturated heterocycles. The Hall–Kier alpha value is -1.75. The molecule has 0 unspecified atom stereocenters. The van der Waals surface area contributed by atoms with Crippen LogP contribution in [0.25, 0.3) is 0 Å². The molecule has 0 aliphatic heterocycles. The summed E-state index contributed by atoms with van der Waals surface area (Å²) in [6.07, 6.45) is 0. The van der Waals surface area contributed by atoms with Gasteiger partial charge in [-0.3, -0.25) is 9.59 Å². The Kier molecular flexibility index (Phi) is 7.02. The van der Waals surface area contributed by atoms with E-state index in [-0.39, 0.29) is 31.0 Å². The number of likely N-dealkylation sites (N-methyl/N-ethyl adjacent to an activating group) is 1. The van der Waals surface area contributed by atoms with E-state index in [1.54, 1.807) is 24.3 Å². The summed E-state index contributed by atoms with van der Waals surface area (Å²) in [5.74, 6) is 0.161. The van der Waals surface area contributed by atoms with Gasteiger partial charge in [-0.2, -0.15) is 0 Å². The van der Waals surface area contributed by atoms with E-state index in [1.807, 2.05) is 20.8 Å². The number of nitrogens with one attached hydrogen (secondary N) is 1. The normalized spacial score (nSPS) is 10.3. The molecule has 1 rings (SSSR count). The lowest BCUT2D eigenvalue weighted by molar-refractivity contribution is -0.137. The van der Waals surface area contributed by atoms with Crippen molar-refractivity contribution in [3.8, 4) is 5.75 Å². The molecule has 0 heterocycles. The first kappa shape index (κ1) is 17.3. The zero-order chi connectivity index (χ0) is 15.8. The van der Waals surface area contributed by atoms with E-state index in [0.29, 0.717) is 17.3 Å². The third-order valence-corrected chi connectivity index (χ3v) is 2.95. The maximum Gasteiger partial charge on any atom is 0.260 e. The Morgan fingerprint density at radius 1 is 1.29 bits per heavy atom. The Labute approximate surface area is 130 Å². The molecule has 1 aromatic carbocycles. The molecule has 0 aliphatic rings. The highest BCUT2D eigenvalue weighted by molar-refractivity contribution is 6.30. The maximum absolute atomic E-state index is 12.0. The zero-order valence-corrected chi connectivity index (χ0v) is 13.3.